The molecule has 3 heteroatoms. The zero-order valence-electron chi connectivity index (χ0n) is 12.5. The first-order valence-corrected chi connectivity index (χ1v) is 8.24. The Morgan fingerprint density at radius 2 is 1.95 bits per heavy atom. The second-order valence-corrected chi connectivity index (χ2v) is 7.32. The van der Waals surface area contributed by atoms with Gasteiger partial charge in [0.25, 0.3) is 0 Å². The van der Waals surface area contributed by atoms with Gasteiger partial charge in [0, 0.05) is 21.8 Å². The zero-order valence-corrected chi connectivity index (χ0v) is 13.3. The minimum Gasteiger partial charge on any atom is -0.307 e. The van der Waals surface area contributed by atoms with Crippen molar-refractivity contribution >= 4 is 11.3 Å². The molecule has 2 nitrogen and oxygen atoms in total. The molecule has 108 valence electrons. The van der Waals surface area contributed by atoms with E-state index >= 15 is 0 Å². The Kier molecular flexibility index (Phi) is 3.84. The monoisotopic (exact) mass is 296 g/mol. The van der Waals surface area contributed by atoms with Crippen molar-refractivity contribution in [2.45, 2.75) is 44.2 Å². The summed E-state index contributed by atoms with van der Waals surface area (Å²) in [5.74, 6) is 0. The molecule has 1 aromatic heterocycles. The molecule has 2 aromatic rings. The molecule has 1 aliphatic carbocycles. The number of nitriles is 1. The maximum absolute atomic E-state index is 9.59. The maximum Gasteiger partial charge on any atom is 0.0852 e. The van der Waals surface area contributed by atoms with Gasteiger partial charge < -0.3 is 5.32 Å². The lowest BCUT2D eigenvalue weighted by Crippen LogP contribution is -2.51. The van der Waals surface area contributed by atoms with E-state index in [4.69, 9.17) is 0 Å². The van der Waals surface area contributed by atoms with Gasteiger partial charge in [0.15, 0.2) is 0 Å². The van der Waals surface area contributed by atoms with Gasteiger partial charge in [-0.1, -0.05) is 30.3 Å². The second-order valence-electron chi connectivity index (χ2n) is 6.00. The zero-order chi connectivity index (χ0) is 14.9. The third-order valence-corrected chi connectivity index (χ3v) is 5.59. The minimum absolute atomic E-state index is 0.288. The Balaban J connectivity index is 1.64. The summed E-state index contributed by atoms with van der Waals surface area (Å²) in [6.07, 6.45) is 1.81. The van der Waals surface area contributed by atoms with Crippen LogP contribution in [-0.2, 0) is 5.41 Å². The van der Waals surface area contributed by atoms with Crippen LogP contribution in [0.2, 0.25) is 0 Å². The Hall–Kier alpha value is -1.63. The number of aryl methyl sites for hydroxylation is 1. The van der Waals surface area contributed by atoms with E-state index < -0.39 is 0 Å². The van der Waals surface area contributed by atoms with Crippen molar-refractivity contribution in [2.24, 2.45) is 0 Å². The number of hydrogen-bond acceptors (Lipinski definition) is 3. The first-order valence-electron chi connectivity index (χ1n) is 7.42. The highest BCUT2D eigenvalue weighted by Gasteiger charge is 2.46. The van der Waals surface area contributed by atoms with Crippen LogP contribution in [0.25, 0.3) is 0 Å². The minimum atomic E-state index is -0.288. The van der Waals surface area contributed by atoms with Gasteiger partial charge in [-0.05, 0) is 44.4 Å². The van der Waals surface area contributed by atoms with Crippen molar-refractivity contribution in [1.29, 1.82) is 5.26 Å². The maximum atomic E-state index is 9.59. The number of thiophene rings is 1. The molecule has 1 aliphatic rings. The van der Waals surface area contributed by atoms with E-state index in [9.17, 15) is 5.26 Å². The van der Waals surface area contributed by atoms with Gasteiger partial charge in [0.05, 0.1) is 11.5 Å². The van der Waals surface area contributed by atoms with Crippen molar-refractivity contribution < 1.29 is 0 Å². The number of rotatable bonds is 4. The van der Waals surface area contributed by atoms with Crippen molar-refractivity contribution in [3.63, 3.8) is 0 Å². The van der Waals surface area contributed by atoms with Crippen LogP contribution in [0.4, 0.5) is 0 Å². The molecule has 1 fully saturated rings. The van der Waals surface area contributed by atoms with Crippen molar-refractivity contribution in [3.8, 4) is 6.07 Å². The van der Waals surface area contributed by atoms with Crippen LogP contribution >= 0.6 is 11.3 Å². The summed E-state index contributed by atoms with van der Waals surface area (Å²) in [6.45, 7) is 4.35. The van der Waals surface area contributed by atoms with E-state index in [1.807, 2.05) is 29.5 Å². The van der Waals surface area contributed by atoms with Gasteiger partial charge in [-0.15, -0.1) is 11.3 Å². The summed E-state index contributed by atoms with van der Waals surface area (Å²) in [4.78, 5) is 2.73. The van der Waals surface area contributed by atoms with Gasteiger partial charge in [-0.25, -0.2) is 0 Å². The van der Waals surface area contributed by atoms with E-state index in [0.717, 1.165) is 18.4 Å². The normalized spacial score (nSPS) is 25.9. The lowest BCUT2D eigenvalue weighted by atomic mass is 9.62. The summed E-state index contributed by atoms with van der Waals surface area (Å²) in [6, 6.07) is 17.9. The SMILES string of the molecule is Cc1ccc(C(C)NC2CC(C#N)(c3ccccc3)C2)s1. The van der Waals surface area contributed by atoms with E-state index in [1.54, 1.807) is 0 Å². The molecule has 21 heavy (non-hydrogen) atoms. The number of benzene rings is 1. The summed E-state index contributed by atoms with van der Waals surface area (Å²) < 4.78 is 0. The van der Waals surface area contributed by atoms with E-state index in [-0.39, 0.29) is 5.41 Å². The smallest absolute Gasteiger partial charge is 0.0852 e. The number of nitrogens with one attached hydrogen (secondary N) is 1. The molecule has 0 bridgehead atoms. The molecule has 1 atom stereocenters. The highest BCUT2D eigenvalue weighted by Crippen LogP contribution is 2.44. The Morgan fingerprint density at radius 3 is 2.52 bits per heavy atom. The van der Waals surface area contributed by atoms with Crippen LogP contribution < -0.4 is 5.32 Å². The van der Waals surface area contributed by atoms with Crippen LogP contribution in [0.5, 0.6) is 0 Å². The predicted octanol–water partition coefficient (Wildman–Crippen LogP) is 4.33. The van der Waals surface area contributed by atoms with E-state index in [0.29, 0.717) is 12.1 Å². The molecular formula is C18H20N2S. The van der Waals surface area contributed by atoms with Gasteiger partial charge >= 0.3 is 0 Å². The van der Waals surface area contributed by atoms with Gasteiger partial charge in [-0.2, -0.15) is 5.26 Å². The molecule has 1 saturated carbocycles. The van der Waals surface area contributed by atoms with Crippen LogP contribution in [0, 0.1) is 18.3 Å². The van der Waals surface area contributed by atoms with Crippen LogP contribution in [0.15, 0.2) is 42.5 Å². The lowest BCUT2D eigenvalue weighted by molar-refractivity contribution is 0.213. The summed E-state index contributed by atoms with van der Waals surface area (Å²) in [5.41, 5.74) is 0.870. The van der Waals surface area contributed by atoms with Crippen LogP contribution in [-0.4, -0.2) is 6.04 Å². The fourth-order valence-corrected chi connectivity index (χ4v) is 4.06. The summed E-state index contributed by atoms with van der Waals surface area (Å²) in [7, 11) is 0. The average Bonchev–Trinajstić information content (AvgIpc) is 2.90. The summed E-state index contributed by atoms with van der Waals surface area (Å²) in [5, 5.41) is 13.3. The quantitative estimate of drug-likeness (QED) is 0.911. The Labute approximate surface area is 130 Å². The standard InChI is InChI=1S/C18H20N2S/c1-13-8-9-17(21-13)14(2)20-16-10-18(11-16,12-19)15-6-4-3-5-7-15/h3-9,14,16,20H,10-11H2,1-2H3. The van der Waals surface area contributed by atoms with Crippen molar-refractivity contribution in [3.05, 3.63) is 57.8 Å². The Bertz CT molecular complexity index is 647. The molecule has 0 saturated heterocycles. The summed E-state index contributed by atoms with van der Waals surface area (Å²) >= 11 is 1.85. The second kappa shape index (κ2) is 5.63. The molecule has 3 rings (SSSR count). The molecule has 1 aromatic carbocycles. The number of nitrogens with zero attached hydrogens (tertiary/aromatic N) is 1. The van der Waals surface area contributed by atoms with Crippen molar-refractivity contribution in [2.75, 3.05) is 0 Å². The van der Waals surface area contributed by atoms with Gasteiger partial charge in [0.2, 0.25) is 0 Å². The largest absolute Gasteiger partial charge is 0.307 e. The van der Waals surface area contributed by atoms with Crippen molar-refractivity contribution in [1.82, 2.24) is 5.32 Å². The van der Waals surface area contributed by atoms with E-state index in [1.165, 1.54) is 9.75 Å². The highest BCUT2D eigenvalue weighted by molar-refractivity contribution is 7.12. The first kappa shape index (κ1) is 14.3. The van der Waals surface area contributed by atoms with E-state index in [2.05, 4.69) is 49.5 Å². The molecule has 0 amide bonds. The predicted molar refractivity (Wildman–Crippen MR) is 87.4 cm³/mol. The molecule has 1 unspecified atom stereocenters. The highest BCUT2D eigenvalue weighted by atomic mass is 32.1. The Morgan fingerprint density at radius 1 is 1.24 bits per heavy atom. The molecular weight excluding hydrogens is 276 g/mol. The third-order valence-electron chi connectivity index (χ3n) is 4.40. The molecule has 0 aliphatic heterocycles. The van der Waals surface area contributed by atoms with Crippen LogP contribution in [0.3, 0.4) is 0 Å². The fourth-order valence-electron chi connectivity index (χ4n) is 3.17. The molecule has 1 N–H and O–H groups in total. The van der Waals surface area contributed by atoms with Gasteiger partial charge in [0.1, 0.15) is 0 Å². The topological polar surface area (TPSA) is 35.8 Å². The molecule has 0 radical (unpaired) electrons. The first-order chi connectivity index (χ1) is 10.1. The van der Waals surface area contributed by atoms with Gasteiger partial charge in [-0.3, -0.25) is 0 Å². The molecule has 0 spiro atoms. The average molecular weight is 296 g/mol. The van der Waals surface area contributed by atoms with Crippen LogP contribution in [0.1, 0.15) is 41.1 Å². The molecule has 1 heterocycles. The lowest BCUT2D eigenvalue weighted by Gasteiger charge is -2.44. The third kappa shape index (κ3) is 2.74. The number of hydrogen-bond donors (Lipinski definition) is 1. The fraction of sp³-hybridized carbons (Fsp3) is 0.389.